The van der Waals surface area contributed by atoms with Crippen molar-refractivity contribution >= 4 is 5.97 Å². The van der Waals surface area contributed by atoms with Crippen LogP contribution in [-0.2, 0) is 9.53 Å². The summed E-state index contributed by atoms with van der Waals surface area (Å²) in [5.41, 5.74) is 5.37. The molecule has 0 radical (unpaired) electrons. The van der Waals surface area contributed by atoms with Crippen LogP contribution in [0, 0.1) is 5.92 Å². The van der Waals surface area contributed by atoms with Gasteiger partial charge in [-0.15, -0.1) is 0 Å². The Labute approximate surface area is 103 Å². The van der Waals surface area contributed by atoms with Gasteiger partial charge < -0.3 is 10.5 Å². The monoisotopic (exact) mass is 240 g/mol. The van der Waals surface area contributed by atoms with Gasteiger partial charge in [-0.25, -0.2) is 4.79 Å². The van der Waals surface area contributed by atoms with Gasteiger partial charge in [0.05, 0.1) is 7.11 Å². The van der Waals surface area contributed by atoms with Crippen molar-refractivity contribution in [2.45, 2.75) is 50.6 Å². The molecule has 0 spiro atoms. The maximum atomic E-state index is 11.8. The molecule has 98 valence electrons. The smallest absolute Gasteiger partial charge is 0.341 e. The Morgan fingerprint density at radius 2 is 2.06 bits per heavy atom. The Bertz CT molecular complexity index is 277. The van der Waals surface area contributed by atoms with Gasteiger partial charge in [0, 0.05) is 13.1 Å². The first-order valence-electron chi connectivity index (χ1n) is 6.79. The SMILES string of the molecule is COC(=O)C1(N)CCCN1CC1CCCCC1. The van der Waals surface area contributed by atoms with Crippen LogP contribution in [0.15, 0.2) is 0 Å². The van der Waals surface area contributed by atoms with Crippen LogP contribution in [0.4, 0.5) is 0 Å². The number of nitrogens with two attached hydrogens (primary N) is 1. The van der Waals surface area contributed by atoms with Gasteiger partial charge >= 0.3 is 5.97 Å². The quantitative estimate of drug-likeness (QED) is 0.759. The Kier molecular flexibility index (Phi) is 4.05. The van der Waals surface area contributed by atoms with Crippen molar-refractivity contribution < 1.29 is 9.53 Å². The predicted octanol–water partition coefficient (Wildman–Crippen LogP) is 1.49. The molecular weight excluding hydrogens is 216 g/mol. The van der Waals surface area contributed by atoms with E-state index in [1.165, 1.54) is 39.2 Å². The van der Waals surface area contributed by atoms with E-state index in [0.717, 1.165) is 31.8 Å². The largest absolute Gasteiger partial charge is 0.467 e. The molecule has 2 fully saturated rings. The highest BCUT2D eigenvalue weighted by molar-refractivity contribution is 5.80. The van der Waals surface area contributed by atoms with Crippen molar-refractivity contribution in [2.24, 2.45) is 11.7 Å². The van der Waals surface area contributed by atoms with Crippen LogP contribution in [0.2, 0.25) is 0 Å². The third-order valence-corrected chi connectivity index (χ3v) is 4.29. The van der Waals surface area contributed by atoms with Crippen LogP contribution in [0.5, 0.6) is 0 Å². The number of esters is 1. The molecule has 1 unspecified atom stereocenters. The fourth-order valence-electron chi connectivity index (χ4n) is 3.24. The minimum absolute atomic E-state index is 0.272. The van der Waals surface area contributed by atoms with E-state index in [1.807, 2.05) is 0 Å². The first-order chi connectivity index (χ1) is 8.16. The first kappa shape index (κ1) is 12.8. The van der Waals surface area contributed by atoms with Crippen molar-refractivity contribution in [1.82, 2.24) is 4.90 Å². The zero-order chi connectivity index (χ0) is 12.3. The Morgan fingerprint density at radius 1 is 1.35 bits per heavy atom. The number of hydrogen-bond donors (Lipinski definition) is 1. The van der Waals surface area contributed by atoms with E-state index in [1.54, 1.807) is 0 Å². The second kappa shape index (κ2) is 5.36. The third-order valence-electron chi connectivity index (χ3n) is 4.29. The van der Waals surface area contributed by atoms with Crippen LogP contribution in [-0.4, -0.2) is 36.7 Å². The number of hydrogen-bond acceptors (Lipinski definition) is 4. The summed E-state index contributed by atoms with van der Waals surface area (Å²) >= 11 is 0. The molecule has 17 heavy (non-hydrogen) atoms. The summed E-state index contributed by atoms with van der Waals surface area (Å²) in [6.45, 7) is 1.90. The molecule has 0 aromatic rings. The number of carbonyl (C=O) groups is 1. The van der Waals surface area contributed by atoms with Crippen molar-refractivity contribution in [3.05, 3.63) is 0 Å². The zero-order valence-corrected chi connectivity index (χ0v) is 10.8. The first-order valence-corrected chi connectivity index (χ1v) is 6.79. The van der Waals surface area contributed by atoms with E-state index in [0.29, 0.717) is 0 Å². The Balaban J connectivity index is 1.96. The van der Waals surface area contributed by atoms with Crippen LogP contribution in [0.25, 0.3) is 0 Å². The topological polar surface area (TPSA) is 55.6 Å². The molecule has 1 saturated carbocycles. The average molecular weight is 240 g/mol. The molecule has 0 aromatic carbocycles. The number of likely N-dealkylation sites (tertiary alicyclic amines) is 1. The minimum atomic E-state index is -0.855. The lowest BCUT2D eigenvalue weighted by Gasteiger charge is -2.35. The molecule has 1 atom stereocenters. The molecule has 2 N–H and O–H groups in total. The molecule has 1 heterocycles. The Hall–Kier alpha value is -0.610. The van der Waals surface area contributed by atoms with Crippen LogP contribution < -0.4 is 5.73 Å². The summed E-state index contributed by atoms with van der Waals surface area (Å²) in [6, 6.07) is 0. The lowest BCUT2D eigenvalue weighted by atomic mass is 9.88. The number of carbonyl (C=O) groups excluding carboxylic acids is 1. The van der Waals surface area contributed by atoms with Gasteiger partial charge in [-0.1, -0.05) is 19.3 Å². The van der Waals surface area contributed by atoms with E-state index in [2.05, 4.69) is 4.90 Å². The maximum Gasteiger partial charge on any atom is 0.341 e. The summed E-state index contributed by atoms with van der Waals surface area (Å²) in [5.74, 6) is 0.445. The highest BCUT2D eigenvalue weighted by Crippen LogP contribution is 2.31. The van der Waals surface area contributed by atoms with Crippen molar-refractivity contribution in [2.75, 3.05) is 20.2 Å². The van der Waals surface area contributed by atoms with Gasteiger partial charge in [-0.2, -0.15) is 0 Å². The van der Waals surface area contributed by atoms with E-state index >= 15 is 0 Å². The number of methoxy groups -OCH3 is 1. The predicted molar refractivity (Wildman–Crippen MR) is 66.3 cm³/mol. The number of ether oxygens (including phenoxy) is 1. The van der Waals surface area contributed by atoms with Gasteiger partial charge in [-0.05, 0) is 31.6 Å². The highest BCUT2D eigenvalue weighted by Gasteiger charge is 2.45. The second-order valence-corrected chi connectivity index (χ2v) is 5.47. The van der Waals surface area contributed by atoms with Crippen molar-refractivity contribution in [3.8, 4) is 0 Å². The maximum absolute atomic E-state index is 11.8. The molecule has 2 rings (SSSR count). The summed E-state index contributed by atoms with van der Waals surface area (Å²) < 4.78 is 4.85. The molecule has 4 nitrogen and oxygen atoms in total. The van der Waals surface area contributed by atoms with E-state index in [-0.39, 0.29) is 5.97 Å². The van der Waals surface area contributed by atoms with E-state index in [4.69, 9.17) is 10.5 Å². The average Bonchev–Trinajstić information content (AvgIpc) is 2.72. The molecule has 1 saturated heterocycles. The zero-order valence-electron chi connectivity index (χ0n) is 10.8. The summed E-state index contributed by atoms with van der Waals surface area (Å²) in [6.07, 6.45) is 8.32. The normalized spacial score (nSPS) is 31.6. The van der Waals surface area contributed by atoms with Crippen LogP contribution in [0.1, 0.15) is 44.9 Å². The van der Waals surface area contributed by atoms with Gasteiger partial charge in [0.2, 0.25) is 0 Å². The fraction of sp³-hybridized carbons (Fsp3) is 0.923. The summed E-state index contributed by atoms with van der Waals surface area (Å²) in [5, 5.41) is 0. The molecule has 2 aliphatic rings. The molecule has 0 aromatic heterocycles. The highest BCUT2D eigenvalue weighted by atomic mass is 16.5. The van der Waals surface area contributed by atoms with Crippen LogP contribution in [0.3, 0.4) is 0 Å². The van der Waals surface area contributed by atoms with Gasteiger partial charge in [0.1, 0.15) is 0 Å². The van der Waals surface area contributed by atoms with Crippen molar-refractivity contribution in [3.63, 3.8) is 0 Å². The van der Waals surface area contributed by atoms with Crippen molar-refractivity contribution in [1.29, 1.82) is 0 Å². The van der Waals surface area contributed by atoms with Gasteiger partial charge in [-0.3, -0.25) is 4.90 Å². The Morgan fingerprint density at radius 3 is 2.71 bits per heavy atom. The molecule has 4 heteroatoms. The molecule has 0 amide bonds. The van der Waals surface area contributed by atoms with E-state index in [9.17, 15) is 4.79 Å². The lowest BCUT2D eigenvalue weighted by Crippen LogP contribution is -2.59. The van der Waals surface area contributed by atoms with E-state index < -0.39 is 5.66 Å². The lowest BCUT2D eigenvalue weighted by molar-refractivity contribution is -0.153. The molecule has 1 aliphatic carbocycles. The summed E-state index contributed by atoms with van der Waals surface area (Å²) in [7, 11) is 1.42. The fourth-order valence-corrected chi connectivity index (χ4v) is 3.24. The van der Waals surface area contributed by atoms with Gasteiger partial charge in [0.25, 0.3) is 0 Å². The molecule has 0 bridgehead atoms. The second-order valence-electron chi connectivity index (χ2n) is 5.47. The number of rotatable bonds is 3. The standard InChI is InChI=1S/C13H24N2O2/c1-17-12(16)13(14)8-5-9-15(13)10-11-6-3-2-4-7-11/h11H,2-10,14H2,1H3. The molecule has 1 aliphatic heterocycles. The number of nitrogens with zero attached hydrogens (tertiary/aromatic N) is 1. The van der Waals surface area contributed by atoms with Gasteiger partial charge in [0.15, 0.2) is 5.66 Å². The summed E-state index contributed by atoms with van der Waals surface area (Å²) in [4.78, 5) is 13.9. The minimum Gasteiger partial charge on any atom is -0.467 e. The molecular formula is C13H24N2O2. The van der Waals surface area contributed by atoms with Crippen LogP contribution >= 0.6 is 0 Å². The third kappa shape index (κ3) is 2.63.